The molecule has 43 heavy (non-hydrogen) atoms. The topological polar surface area (TPSA) is 138 Å². The van der Waals surface area contributed by atoms with Crippen LogP contribution in [0.3, 0.4) is 0 Å². The SMILES string of the molecule is CCn1cncc1Cn1c(CN2CCN(c3cccc(OCc4ccc(C#N)cc4F)n3)CC2)nc2sc(C(=O)O)nc21. The number of aromatic nitrogens is 6. The van der Waals surface area contributed by atoms with Gasteiger partial charge in [-0.15, -0.1) is 0 Å². The molecule has 0 saturated carbocycles. The Hall–Kier alpha value is -4.87. The fourth-order valence-corrected chi connectivity index (χ4v) is 5.84. The monoisotopic (exact) mass is 601 g/mol. The van der Waals surface area contributed by atoms with Crippen LogP contribution < -0.4 is 9.64 Å². The van der Waals surface area contributed by atoms with Gasteiger partial charge in [0.05, 0.1) is 36.7 Å². The molecular weight excluding hydrogens is 573 g/mol. The number of ether oxygens (including phenoxy) is 1. The molecule has 1 saturated heterocycles. The maximum absolute atomic E-state index is 14.2. The average molecular weight is 602 g/mol. The van der Waals surface area contributed by atoms with Crippen LogP contribution >= 0.6 is 11.3 Å². The number of hydrogen-bond donors (Lipinski definition) is 1. The number of carbonyl (C=O) groups is 1. The highest BCUT2D eigenvalue weighted by Crippen LogP contribution is 2.26. The van der Waals surface area contributed by atoms with Crippen LogP contribution in [0, 0.1) is 17.1 Å². The summed E-state index contributed by atoms with van der Waals surface area (Å²) < 4.78 is 24.1. The summed E-state index contributed by atoms with van der Waals surface area (Å²) in [6.07, 6.45) is 3.60. The molecule has 220 valence electrons. The number of imidazole rings is 2. The van der Waals surface area contributed by atoms with Crippen LogP contribution in [0.25, 0.3) is 10.5 Å². The largest absolute Gasteiger partial charge is 0.476 e. The first-order valence-electron chi connectivity index (χ1n) is 13.8. The van der Waals surface area contributed by atoms with Crippen LogP contribution in [0.15, 0.2) is 48.9 Å². The number of aryl methyl sites for hydroxylation is 1. The number of nitrogens with zero attached hydrogens (tertiary/aromatic N) is 9. The molecule has 5 aromatic rings. The summed E-state index contributed by atoms with van der Waals surface area (Å²) in [4.78, 5) is 34.7. The molecule has 14 heteroatoms. The molecule has 1 N–H and O–H groups in total. The van der Waals surface area contributed by atoms with Gasteiger partial charge >= 0.3 is 5.97 Å². The fourth-order valence-electron chi connectivity index (χ4n) is 5.04. The quantitative estimate of drug-likeness (QED) is 0.252. The number of pyridine rings is 1. The van der Waals surface area contributed by atoms with E-state index in [1.165, 1.54) is 6.07 Å². The van der Waals surface area contributed by atoms with Gasteiger partial charge in [-0.2, -0.15) is 10.2 Å². The summed E-state index contributed by atoms with van der Waals surface area (Å²) in [5.74, 6) is 0.450. The van der Waals surface area contributed by atoms with Gasteiger partial charge in [-0.1, -0.05) is 23.5 Å². The van der Waals surface area contributed by atoms with Crippen molar-refractivity contribution < 1.29 is 19.0 Å². The Balaban J connectivity index is 1.12. The number of halogens is 1. The van der Waals surface area contributed by atoms with Crippen LogP contribution in [0.5, 0.6) is 5.88 Å². The second-order valence-electron chi connectivity index (χ2n) is 10.0. The van der Waals surface area contributed by atoms with Gasteiger partial charge in [0.15, 0.2) is 10.5 Å². The van der Waals surface area contributed by atoms with E-state index in [2.05, 4.69) is 24.8 Å². The van der Waals surface area contributed by atoms with Crippen molar-refractivity contribution >= 4 is 33.6 Å². The summed E-state index contributed by atoms with van der Waals surface area (Å²) in [6.45, 7) is 6.92. The van der Waals surface area contributed by atoms with E-state index in [0.717, 1.165) is 61.4 Å². The zero-order chi connectivity index (χ0) is 29.9. The molecule has 0 amide bonds. The third kappa shape index (κ3) is 6.04. The maximum Gasteiger partial charge on any atom is 0.365 e. The lowest BCUT2D eigenvalue weighted by Crippen LogP contribution is -2.46. The summed E-state index contributed by atoms with van der Waals surface area (Å²) in [5.41, 5.74) is 2.18. The van der Waals surface area contributed by atoms with Crippen molar-refractivity contribution in [2.75, 3.05) is 31.1 Å². The summed E-state index contributed by atoms with van der Waals surface area (Å²) in [5, 5.41) is 18.4. The summed E-state index contributed by atoms with van der Waals surface area (Å²) >= 11 is 1.08. The smallest absolute Gasteiger partial charge is 0.365 e. The van der Waals surface area contributed by atoms with Gasteiger partial charge < -0.3 is 23.9 Å². The number of anilines is 1. The number of carboxylic acids is 1. The highest BCUT2D eigenvalue weighted by atomic mass is 32.1. The number of benzene rings is 1. The lowest BCUT2D eigenvalue weighted by molar-refractivity contribution is 0.0696. The van der Waals surface area contributed by atoms with Gasteiger partial charge in [-0.05, 0) is 25.1 Å². The minimum Gasteiger partial charge on any atom is -0.476 e. The van der Waals surface area contributed by atoms with E-state index in [-0.39, 0.29) is 17.2 Å². The molecule has 1 aliphatic heterocycles. The standard InChI is InChI=1S/C29H28FN9O3S/c1-2-37-18-32-14-21(37)15-39-24(34-27-26(39)35-28(43-27)29(40)41)16-36-8-10-38(11-9-36)23-4-3-5-25(33-23)42-17-20-7-6-19(13-31)12-22(20)30/h3-7,12,14,18H,2,8-11,15-17H2,1H3,(H,40,41). The predicted molar refractivity (Wildman–Crippen MR) is 157 cm³/mol. The number of thiazole rings is 1. The van der Waals surface area contributed by atoms with Crippen LogP contribution in [0.4, 0.5) is 10.2 Å². The van der Waals surface area contributed by atoms with E-state index in [1.807, 2.05) is 40.5 Å². The molecule has 6 rings (SSSR count). The minimum atomic E-state index is -1.06. The number of nitriles is 1. The first kappa shape index (κ1) is 28.3. The van der Waals surface area contributed by atoms with Crippen molar-refractivity contribution in [3.8, 4) is 11.9 Å². The highest BCUT2D eigenvalue weighted by molar-refractivity contribution is 7.19. The highest BCUT2D eigenvalue weighted by Gasteiger charge is 2.24. The number of fused-ring (bicyclic) bond motifs is 1. The average Bonchev–Trinajstić information content (AvgIpc) is 3.73. The zero-order valence-corrected chi connectivity index (χ0v) is 24.2. The zero-order valence-electron chi connectivity index (χ0n) is 23.4. The molecular formula is C29H28FN9O3S. The van der Waals surface area contributed by atoms with Crippen LogP contribution in [-0.2, 0) is 26.2 Å². The molecule has 0 unspecified atom stereocenters. The minimum absolute atomic E-state index is 0.00767. The second-order valence-corrected chi connectivity index (χ2v) is 11.0. The van der Waals surface area contributed by atoms with Crippen molar-refractivity contribution in [2.24, 2.45) is 0 Å². The Morgan fingerprint density at radius 2 is 1.98 bits per heavy atom. The van der Waals surface area contributed by atoms with Crippen LogP contribution in [0.1, 0.15) is 39.4 Å². The normalized spacial score (nSPS) is 13.8. The van der Waals surface area contributed by atoms with Crippen molar-refractivity contribution in [2.45, 2.75) is 33.2 Å². The first-order chi connectivity index (χ1) is 20.9. The molecule has 4 aromatic heterocycles. The van der Waals surface area contributed by atoms with Gasteiger partial charge in [-0.3, -0.25) is 4.90 Å². The van der Waals surface area contributed by atoms with E-state index in [4.69, 9.17) is 15.0 Å². The number of piperazine rings is 1. The van der Waals surface area contributed by atoms with Gasteiger partial charge in [-0.25, -0.2) is 24.1 Å². The second kappa shape index (κ2) is 12.2. The van der Waals surface area contributed by atoms with E-state index in [0.29, 0.717) is 35.0 Å². The predicted octanol–water partition coefficient (Wildman–Crippen LogP) is 3.76. The van der Waals surface area contributed by atoms with Gasteiger partial charge in [0, 0.05) is 50.6 Å². The van der Waals surface area contributed by atoms with Crippen molar-refractivity contribution in [3.63, 3.8) is 0 Å². The Bertz CT molecular complexity index is 1820. The molecule has 0 bridgehead atoms. The Morgan fingerprint density at radius 3 is 2.72 bits per heavy atom. The Morgan fingerprint density at radius 1 is 1.14 bits per heavy atom. The van der Waals surface area contributed by atoms with Crippen LogP contribution in [0.2, 0.25) is 0 Å². The van der Waals surface area contributed by atoms with Crippen molar-refractivity contribution in [1.82, 2.24) is 34.0 Å². The van der Waals surface area contributed by atoms with Crippen molar-refractivity contribution in [1.29, 1.82) is 5.26 Å². The van der Waals surface area contributed by atoms with Gasteiger partial charge in [0.25, 0.3) is 0 Å². The lowest BCUT2D eigenvalue weighted by atomic mass is 10.1. The van der Waals surface area contributed by atoms with E-state index in [1.54, 1.807) is 24.5 Å². The van der Waals surface area contributed by atoms with E-state index in [9.17, 15) is 14.3 Å². The maximum atomic E-state index is 14.2. The molecule has 12 nitrogen and oxygen atoms in total. The van der Waals surface area contributed by atoms with Crippen molar-refractivity contribution in [3.05, 3.63) is 82.4 Å². The van der Waals surface area contributed by atoms with Crippen LogP contribution in [-0.4, -0.2) is 71.2 Å². The van der Waals surface area contributed by atoms with Gasteiger partial charge in [0.1, 0.15) is 24.1 Å². The molecule has 1 aromatic carbocycles. The Kier molecular flexibility index (Phi) is 7.99. The van der Waals surface area contributed by atoms with Gasteiger partial charge in [0.2, 0.25) is 10.9 Å². The lowest BCUT2D eigenvalue weighted by Gasteiger charge is -2.35. The molecule has 0 spiro atoms. The first-order valence-corrected chi connectivity index (χ1v) is 14.6. The molecule has 0 radical (unpaired) electrons. The number of hydrogen-bond acceptors (Lipinski definition) is 10. The molecule has 1 aliphatic rings. The third-order valence-corrected chi connectivity index (χ3v) is 8.29. The number of aromatic carboxylic acids is 1. The molecule has 0 aliphatic carbocycles. The summed E-state index contributed by atoms with van der Waals surface area (Å²) in [7, 11) is 0. The molecule has 0 atom stereocenters. The molecule has 1 fully saturated rings. The summed E-state index contributed by atoms with van der Waals surface area (Å²) in [6, 6.07) is 11.8. The number of carboxylic acid groups (broad SMARTS) is 1. The van der Waals surface area contributed by atoms with E-state index < -0.39 is 11.8 Å². The number of rotatable bonds is 10. The fraction of sp³-hybridized carbons (Fsp3) is 0.310. The Labute approximate surface area is 250 Å². The third-order valence-electron chi connectivity index (χ3n) is 7.36. The molecule has 5 heterocycles. The van der Waals surface area contributed by atoms with E-state index >= 15 is 0 Å².